The molecule has 0 bridgehead atoms. The van der Waals surface area contributed by atoms with E-state index >= 15 is 0 Å². The number of hydrogen-bond acceptors (Lipinski definition) is 4. The third kappa shape index (κ3) is 6.90. The quantitative estimate of drug-likeness (QED) is 0.160. The molecule has 2 aliphatic heterocycles. The van der Waals surface area contributed by atoms with E-state index in [0.717, 1.165) is 21.5 Å². The monoisotopic (exact) mass is 918 g/mol. The lowest BCUT2D eigenvalue weighted by Crippen LogP contribution is -2.36. The zero-order valence-corrected chi connectivity index (χ0v) is 41.6. The highest BCUT2D eigenvalue weighted by molar-refractivity contribution is 8.16. The Bertz CT molecular complexity index is 3490. The Labute approximate surface area is 407 Å². The Morgan fingerprint density at radius 3 is 0.897 bits per heavy atom. The second-order valence-corrected chi connectivity index (χ2v) is 23.8. The van der Waals surface area contributed by atoms with Gasteiger partial charge in [-0.15, -0.1) is 0 Å². The van der Waals surface area contributed by atoms with E-state index < -0.39 is 0 Å². The van der Waals surface area contributed by atoms with Crippen LogP contribution >= 0.6 is 23.5 Å². The van der Waals surface area contributed by atoms with Crippen LogP contribution in [0, 0.1) is 0 Å². The van der Waals surface area contributed by atoms with Gasteiger partial charge in [0.05, 0.1) is 43.2 Å². The molecule has 0 unspecified atom stereocenters. The number of nitrogens with zero attached hydrogens (tertiary/aromatic N) is 4. The van der Waals surface area contributed by atoms with Crippen LogP contribution in [0.1, 0.15) is 66.5 Å². The Balaban J connectivity index is 1.00. The highest BCUT2D eigenvalue weighted by atomic mass is 32.2. The lowest BCUT2D eigenvalue weighted by atomic mass is 9.90. The summed E-state index contributed by atoms with van der Waals surface area (Å²) in [5.74, 6) is 0. The maximum Gasteiger partial charge on any atom is 0.0990 e. The van der Waals surface area contributed by atoms with Crippen molar-refractivity contribution in [1.29, 1.82) is 0 Å². The zero-order valence-electron chi connectivity index (χ0n) is 39.9. The fourth-order valence-electron chi connectivity index (χ4n) is 9.94. The van der Waals surface area contributed by atoms with Crippen molar-refractivity contribution in [1.82, 2.24) is 9.13 Å². The first-order valence-corrected chi connectivity index (χ1v) is 25.4. The minimum Gasteiger partial charge on any atom is -0.309 e. The van der Waals surface area contributed by atoms with E-state index in [1.165, 1.54) is 88.1 Å². The second kappa shape index (κ2) is 15.5. The van der Waals surface area contributed by atoms with Gasteiger partial charge in [-0.05, 0) is 174 Å². The molecule has 0 fully saturated rings. The largest absolute Gasteiger partial charge is 0.309 e. The number of rotatable bonds is 7. The Kier molecular flexibility index (Phi) is 9.72. The molecule has 0 radical (unpaired) electrons. The maximum absolute atomic E-state index is 5.21. The van der Waals surface area contributed by atoms with Gasteiger partial charge in [-0.2, -0.15) is 0 Å². The molecular formula is C62H54N4S2. The average molecular weight is 919 g/mol. The Hall–Kier alpha value is -6.60. The summed E-state index contributed by atoms with van der Waals surface area (Å²) in [4.78, 5) is 10.4. The fourth-order valence-corrected chi connectivity index (χ4v) is 12.5. The highest BCUT2D eigenvalue weighted by Gasteiger charge is 2.45. The van der Waals surface area contributed by atoms with Crippen LogP contribution in [0.3, 0.4) is 0 Å². The number of fused-ring (bicyclic) bond motifs is 6. The van der Waals surface area contributed by atoms with Gasteiger partial charge in [0.15, 0.2) is 0 Å². The van der Waals surface area contributed by atoms with E-state index in [4.69, 9.17) is 9.98 Å². The number of aliphatic imine (C=N–C) groups is 2. The number of hydrogen-bond donors (Lipinski definition) is 0. The fraction of sp³-hybridized carbons (Fsp3) is 0.194. The van der Waals surface area contributed by atoms with E-state index in [2.05, 4.69) is 247 Å². The topological polar surface area (TPSA) is 34.6 Å². The zero-order chi connectivity index (χ0) is 46.7. The average Bonchev–Trinajstić information content (AvgIpc) is 3.99. The number of benzene rings is 8. The van der Waals surface area contributed by atoms with E-state index in [0.29, 0.717) is 0 Å². The summed E-state index contributed by atoms with van der Waals surface area (Å²) < 4.78 is 4.87. The van der Waals surface area contributed by atoms with Crippen LogP contribution in [0.2, 0.25) is 0 Å². The van der Waals surface area contributed by atoms with Gasteiger partial charge in [0, 0.05) is 53.5 Å². The molecular weight excluding hydrogens is 865 g/mol. The van der Waals surface area contributed by atoms with Gasteiger partial charge < -0.3 is 9.13 Å². The molecule has 0 saturated heterocycles. The van der Waals surface area contributed by atoms with Gasteiger partial charge in [0.1, 0.15) is 0 Å². The molecule has 12 rings (SSSR count). The minimum atomic E-state index is -0.141. The van der Waals surface area contributed by atoms with Gasteiger partial charge in [-0.25, -0.2) is 0 Å². The van der Waals surface area contributed by atoms with Crippen LogP contribution in [0.15, 0.2) is 192 Å². The summed E-state index contributed by atoms with van der Waals surface area (Å²) in [6.07, 6.45) is 0. The van der Waals surface area contributed by atoms with Crippen molar-refractivity contribution >= 4 is 77.2 Å². The van der Waals surface area contributed by atoms with Crippen LogP contribution in [0.25, 0.3) is 88.4 Å². The van der Waals surface area contributed by atoms with Gasteiger partial charge >= 0.3 is 0 Å². The SMILES string of the molecule is CC1(C)N=C(c2cccc(-c3ccc4c(c3)c3cc(-c5ccc6c(c5)c5cc(-c7cccc(C8=NC(C)(C)C(C)(C)S8)c7)ccc5n6-c5ccccc5)ccc3n4-c3ccccc3)c2)SC1(C)C. The summed E-state index contributed by atoms with van der Waals surface area (Å²) in [5.41, 5.74) is 16.3. The van der Waals surface area contributed by atoms with E-state index in [1.54, 1.807) is 0 Å². The normalized spacial score (nSPS) is 17.1. The molecule has 68 heavy (non-hydrogen) atoms. The standard InChI is InChI=1S/C62H54N4S2/c1-59(2)61(5,6)67-57(63-59)45-19-15-17-39(33-45)41-25-29-53-49(35-41)51-37-43(27-31-55(51)65(53)47-21-11-9-12-22-47)44-28-32-56-52(38-44)50-36-42(26-30-54(50)66(56)48-23-13-10-14-24-48)40-18-16-20-46(34-40)58-64-60(3,4)62(7,8)68-58/h9-38H,1-8H3. The predicted octanol–water partition coefficient (Wildman–Crippen LogP) is 17.0. The van der Waals surface area contributed by atoms with Crippen molar-refractivity contribution in [3.8, 4) is 44.8 Å². The number of aromatic nitrogens is 2. The molecule has 334 valence electrons. The van der Waals surface area contributed by atoms with Crippen molar-refractivity contribution < 1.29 is 0 Å². The third-order valence-electron chi connectivity index (χ3n) is 15.2. The predicted molar refractivity (Wildman–Crippen MR) is 296 cm³/mol. The first kappa shape index (κ1) is 42.7. The first-order chi connectivity index (χ1) is 32.6. The summed E-state index contributed by atoms with van der Waals surface area (Å²) in [5, 5.41) is 7.14. The summed E-state index contributed by atoms with van der Waals surface area (Å²) in [6, 6.07) is 67.4. The molecule has 2 aromatic heterocycles. The summed E-state index contributed by atoms with van der Waals surface area (Å²) in [7, 11) is 0. The molecule has 4 heterocycles. The van der Waals surface area contributed by atoms with Crippen LogP contribution in [0.5, 0.6) is 0 Å². The van der Waals surface area contributed by atoms with Gasteiger partial charge in [-0.3, -0.25) is 9.98 Å². The molecule has 0 saturated carbocycles. The van der Waals surface area contributed by atoms with Crippen molar-refractivity contribution in [2.24, 2.45) is 9.98 Å². The van der Waals surface area contributed by atoms with Gasteiger partial charge in [-0.1, -0.05) is 121 Å². The van der Waals surface area contributed by atoms with Crippen molar-refractivity contribution in [2.75, 3.05) is 0 Å². The van der Waals surface area contributed by atoms with Crippen molar-refractivity contribution in [2.45, 2.75) is 76.0 Å². The van der Waals surface area contributed by atoms with Crippen LogP contribution in [0.4, 0.5) is 0 Å². The van der Waals surface area contributed by atoms with Crippen molar-refractivity contribution in [3.63, 3.8) is 0 Å². The van der Waals surface area contributed by atoms with E-state index in [-0.39, 0.29) is 20.6 Å². The molecule has 0 atom stereocenters. The Morgan fingerprint density at radius 2 is 0.603 bits per heavy atom. The molecule has 10 aromatic rings. The van der Waals surface area contributed by atoms with E-state index in [9.17, 15) is 0 Å². The van der Waals surface area contributed by atoms with Crippen LogP contribution < -0.4 is 0 Å². The smallest absolute Gasteiger partial charge is 0.0990 e. The molecule has 0 N–H and O–H groups in total. The Morgan fingerprint density at radius 1 is 0.309 bits per heavy atom. The summed E-state index contributed by atoms with van der Waals surface area (Å²) in [6.45, 7) is 18.2. The lowest BCUT2D eigenvalue weighted by Gasteiger charge is -2.30. The lowest BCUT2D eigenvalue weighted by molar-refractivity contribution is 0.426. The molecule has 0 aliphatic carbocycles. The molecule has 2 aliphatic rings. The number of thioether (sulfide) groups is 2. The molecule has 8 aromatic carbocycles. The maximum atomic E-state index is 5.21. The van der Waals surface area contributed by atoms with E-state index in [1.807, 2.05) is 23.5 Å². The molecule has 4 nitrogen and oxygen atoms in total. The first-order valence-electron chi connectivity index (χ1n) is 23.7. The molecule has 0 spiro atoms. The molecule has 6 heteroatoms. The van der Waals surface area contributed by atoms with Crippen LogP contribution in [-0.2, 0) is 0 Å². The van der Waals surface area contributed by atoms with Gasteiger partial charge in [0.25, 0.3) is 0 Å². The highest BCUT2D eigenvalue weighted by Crippen LogP contribution is 2.48. The van der Waals surface area contributed by atoms with Crippen LogP contribution in [-0.4, -0.2) is 39.8 Å². The van der Waals surface area contributed by atoms with Crippen molar-refractivity contribution in [3.05, 3.63) is 193 Å². The summed E-state index contributed by atoms with van der Waals surface area (Å²) >= 11 is 3.76. The molecule has 0 amide bonds. The number of para-hydroxylation sites is 2. The third-order valence-corrected chi connectivity index (χ3v) is 18.3. The minimum absolute atomic E-state index is 0.0213. The van der Waals surface area contributed by atoms with Gasteiger partial charge in [0.2, 0.25) is 0 Å². The second-order valence-electron chi connectivity index (χ2n) is 20.6.